The van der Waals surface area contributed by atoms with Crippen molar-refractivity contribution >= 4 is 15.9 Å². The molecule has 0 aliphatic heterocycles. The molecule has 0 aliphatic carbocycles. The third kappa shape index (κ3) is 2.49. The first kappa shape index (κ1) is 13.3. The highest BCUT2D eigenvalue weighted by atomic mass is 79.9. The minimum Gasteiger partial charge on any atom is -0.324 e. The molecule has 5 nitrogen and oxygen atoms in total. The van der Waals surface area contributed by atoms with Crippen molar-refractivity contribution in [2.75, 3.05) is 0 Å². The van der Waals surface area contributed by atoms with E-state index in [1.807, 2.05) is 31.2 Å². The first-order valence-electron chi connectivity index (χ1n) is 5.97. The zero-order chi connectivity index (χ0) is 13.3. The molecule has 2 aromatic heterocycles. The van der Waals surface area contributed by atoms with Gasteiger partial charge in [-0.15, -0.1) is 0 Å². The Kier molecular flexibility index (Phi) is 3.87. The fourth-order valence-electron chi connectivity index (χ4n) is 2.00. The second kappa shape index (κ2) is 5.24. The predicted octanol–water partition coefficient (Wildman–Crippen LogP) is 1.72. The molecule has 0 radical (unpaired) electrons. The van der Waals surface area contributed by atoms with Gasteiger partial charge in [-0.3, -0.25) is 9.36 Å². The van der Waals surface area contributed by atoms with Crippen molar-refractivity contribution in [1.82, 2.24) is 19.6 Å². The van der Waals surface area contributed by atoms with Crippen LogP contribution < -0.4 is 5.73 Å². The van der Waals surface area contributed by atoms with Crippen LogP contribution in [-0.2, 0) is 26.9 Å². The van der Waals surface area contributed by atoms with Crippen molar-refractivity contribution in [3.63, 3.8) is 0 Å². The highest BCUT2D eigenvalue weighted by Gasteiger charge is 2.17. The molecule has 0 fully saturated rings. The van der Waals surface area contributed by atoms with Gasteiger partial charge in [-0.1, -0.05) is 6.92 Å². The lowest BCUT2D eigenvalue weighted by Gasteiger charge is -2.10. The molecular formula is C12H18BrN5. The number of aromatic nitrogens is 4. The van der Waals surface area contributed by atoms with Crippen LogP contribution in [0.5, 0.6) is 0 Å². The Labute approximate surface area is 115 Å². The minimum absolute atomic E-state index is 0.0601. The van der Waals surface area contributed by atoms with Gasteiger partial charge in [0.25, 0.3) is 0 Å². The van der Waals surface area contributed by atoms with Crippen LogP contribution in [-0.4, -0.2) is 19.6 Å². The first-order valence-corrected chi connectivity index (χ1v) is 6.76. The summed E-state index contributed by atoms with van der Waals surface area (Å²) in [5.41, 5.74) is 9.46. The highest BCUT2D eigenvalue weighted by molar-refractivity contribution is 9.10. The molecule has 2 N–H and O–H groups in total. The van der Waals surface area contributed by atoms with E-state index >= 15 is 0 Å². The summed E-state index contributed by atoms with van der Waals surface area (Å²) in [4.78, 5) is 0. The zero-order valence-corrected chi connectivity index (χ0v) is 12.5. The van der Waals surface area contributed by atoms with Crippen molar-refractivity contribution in [2.45, 2.75) is 25.8 Å². The topological polar surface area (TPSA) is 61.7 Å². The summed E-state index contributed by atoms with van der Waals surface area (Å²) < 4.78 is 4.75. The van der Waals surface area contributed by atoms with Crippen molar-refractivity contribution < 1.29 is 0 Å². The van der Waals surface area contributed by atoms with Crippen LogP contribution in [0.2, 0.25) is 0 Å². The van der Waals surface area contributed by atoms with E-state index in [4.69, 9.17) is 5.73 Å². The Morgan fingerprint density at radius 1 is 1.44 bits per heavy atom. The van der Waals surface area contributed by atoms with Gasteiger partial charge in [0, 0.05) is 38.3 Å². The summed E-state index contributed by atoms with van der Waals surface area (Å²) in [7, 11) is 3.85. The summed E-state index contributed by atoms with van der Waals surface area (Å²) in [6.45, 7) is 2.10. The van der Waals surface area contributed by atoms with E-state index in [9.17, 15) is 0 Å². The van der Waals surface area contributed by atoms with Crippen LogP contribution in [0.15, 0.2) is 16.9 Å². The Morgan fingerprint density at radius 3 is 2.67 bits per heavy atom. The van der Waals surface area contributed by atoms with Crippen LogP contribution in [0, 0.1) is 0 Å². The number of hydrogen-bond acceptors (Lipinski definition) is 3. The van der Waals surface area contributed by atoms with E-state index in [1.165, 1.54) is 0 Å². The number of hydrogen-bond donors (Lipinski definition) is 1. The largest absolute Gasteiger partial charge is 0.324 e. The summed E-state index contributed by atoms with van der Waals surface area (Å²) in [6.07, 6.45) is 5.43. The normalized spacial score (nSPS) is 12.9. The van der Waals surface area contributed by atoms with Gasteiger partial charge in [0.05, 0.1) is 22.1 Å². The quantitative estimate of drug-likeness (QED) is 0.935. The third-order valence-electron chi connectivity index (χ3n) is 3.07. The van der Waals surface area contributed by atoms with Crippen LogP contribution in [0.25, 0.3) is 0 Å². The van der Waals surface area contributed by atoms with Crippen molar-refractivity contribution in [3.8, 4) is 0 Å². The predicted molar refractivity (Wildman–Crippen MR) is 74.1 cm³/mol. The molecule has 0 saturated heterocycles. The molecule has 0 amide bonds. The van der Waals surface area contributed by atoms with Crippen LogP contribution in [0.3, 0.4) is 0 Å². The standard InChI is InChI=1S/C12H18BrN5/c1-4-10-12(13)11(18(3)16-10)5-9(14)8-6-15-17(2)7-8/h6-7,9H,4-5,14H2,1-3H3. The maximum absolute atomic E-state index is 6.21. The Bertz CT molecular complexity index is 543. The summed E-state index contributed by atoms with van der Waals surface area (Å²) >= 11 is 3.61. The Balaban J connectivity index is 2.21. The van der Waals surface area contributed by atoms with Crippen molar-refractivity contribution in [2.24, 2.45) is 19.8 Å². The first-order chi connectivity index (χ1) is 8.52. The number of halogens is 1. The second-order valence-electron chi connectivity index (χ2n) is 4.44. The average molecular weight is 312 g/mol. The van der Waals surface area contributed by atoms with Gasteiger partial charge in [-0.05, 0) is 22.4 Å². The lowest BCUT2D eigenvalue weighted by Crippen LogP contribution is -2.15. The minimum atomic E-state index is -0.0601. The van der Waals surface area contributed by atoms with Gasteiger partial charge in [0.2, 0.25) is 0 Å². The molecule has 98 valence electrons. The van der Waals surface area contributed by atoms with E-state index < -0.39 is 0 Å². The number of nitrogens with zero attached hydrogens (tertiary/aromatic N) is 4. The number of nitrogens with two attached hydrogens (primary N) is 1. The van der Waals surface area contributed by atoms with E-state index in [0.717, 1.165) is 34.3 Å². The average Bonchev–Trinajstić information content (AvgIpc) is 2.87. The number of aryl methyl sites for hydroxylation is 3. The molecule has 2 aromatic rings. The van der Waals surface area contributed by atoms with Gasteiger partial charge in [-0.2, -0.15) is 10.2 Å². The summed E-state index contributed by atoms with van der Waals surface area (Å²) in [5, 5.41) is 8.62. The molecule has 0 aliphatic rings. The van der Waals surface area contributed by atoms with E-state index in [-0.39, 0.29) is 6.04 Å². The van der Waals surface area contributed by atoms with Gasteiger partial charge in [-0.25, -0.2) is 0 Å². The fraction of sp³-hybridized carbons (Fsp3) is 0.500. The van der Waals surface area contributed by atoms with Gasteiger partial charge in [0.15, 0.2) is 0 Å². The SMILES string of the molecule is CCc1nn(C)c(CC(N)c2cnn(C)c2)c1Br. The van der Waals surface area contributed by atoms with Gasteiger partial charge < -0.3 is 5.73 Å². The lowest BCUT2D eigenvalue weighted by molar-refractivity contribution is 0.636. The molecule has 0 saturated carbocycles. The summed E-state index contributed by atoms with van der Waals surface area (Å²) in [5.74, 6) is 0. The molecule has 0 spiro atoms. The highest BCUT2D eigenvalue weighted by Crippen LogP contribution is 2.25. The molecule has 2 heterocycles. The maximum atomic E-state index is 6.21. The smallest absolute Gasteiger partial charge is 0.0766 e. The Morgan fingerprint density at radius 2 is 2.17 bits per heavy atom. The lowest BCUT2D eigenvalue weighted by atomic mass is 10.1. The van der Waals surface area contributed by atoms with Crippen LogP contribution in [0.1, 0.15) is 29.9 Å². The van der Waals surface area contributed by atoms with Crippen molar-refractivity contribution in [3.05, 3.63) is 33.8 Å². The van der Waals surface area contributed by atoms with Gasteiger partial charge in [0.1, 0.15) is 0 Å². The number of rotatable bonds is 4. The molecule has 0 bridgehead atoms. The molecule has 2 rings (SSSR count). The molecule has 1 atom stereocenters. The maximum Gasteiger partial charge on any atom is 0.0766 e. The van der Waals surface area contributed by atoms with E-state index in [2.05, 4.69) is 33.1 Å². The van der Waals surface area contributed by atoms with Crippen molar-refractivity contribution in [1.29, 1.82) is 0 Å². The van der Waals surface area contributed by atoms with E-state index in [1.54, 1.807) is 4.68 Å². The van der Waals surface area contributed by atoms with Crippen LogP contribution in [0.4, 0.5) is 0 Å². The molecule has 1 unspecified atom stereocenters. The third-order valence-corrected chi connectivity index (χ3v) is 3.98. The summed E-state index contributed by atoms with van der Waals surface area (Å²) in [6, 6.07) is -0.0601. The molecular weight excluding hydrogens is 294 g/mol. The fourth-order valence-corrected chi connectivity index (χ4v) is 2.78. The van der Waals surface area contributed by atoms with Gasteiger partial charge >= 0.3 is 0 Å². The zero-order valence-electron chi connectivity index (χ0n) is 10.9. The molecule has 18 heavy (non-hydrogen) atoms. The van der Waals surface area contributed by atoms with Crippen LogP contribution >= 0.6 is 15.9 Å². The van der Waals surface area contributed by atoms with E-state index in [0.29, 0.717) is 0 Å². The molecule has 0 aromatic carbocycles. The monoisotopic (exact) mass is 311 g/mol. The molecule has 6 heteroatoms. The Hall–Kier alpha value is -1.14. The second-order valence-corrected chi connectivity index (χ2v) is 5.24.